The molecule has 1 aliphatic rings. The Morgan fingerprint density at radius 3 is 2.67 bits per heavy atom. The Kier molecular flexibility index (Phi) is 6.35. The van der Waals surface area contributed by atoms with E-state index in [1.807, 2.05) is 44.2 Å². The van der Waals surface area contributed by atoms with Crippen LogP contribution in [0.25, 0.3) is 33.1 Å². The van der Waals surface area contributed by atoms with Crippen molar-refractivity contribution in [3.8, 4) is 11.3 Å². The molecule has 0 fully saturated rings. The van der Waals surface area contributed by atoms with Crippen LogP contribution < -0.4 is 10.9 Å². The van der Waals surface area contributed by atoms with Gasteiger partial charge < -0.3 is 15.3 Å². The molecule has 5 aromatic rings. The fourth-order valence-electron chi connectivity index (χ4n) is 5.77. The van der Waals surface area contributed by atoms with Crippen molar-refractivity contribution in [3.05, 3.63) is 86.4 Å². The summed E-state index contributed by atoms with van der Waals surface area (Å²) in [5.41, 5.74) is 6.43. The van der Waals surface area contributed by atoms with Gasteiger partial charge in [-0.3, -0.25) is 14.2 Å². The number of aryl methyl sites for hydroxylation is 2. The quantitative estimate of drug-likeness (QED) is 0.295. The van der Waals surface area contributed by atoms with E-state index < -0.39 is 0 Å². The van der Waals surface area contributed by atoms with Gasteiger partial charge in [0.15, 0.2) is 0 Å². The average molecular weight is 557 g/mol. The van der Waals surface area contributed by atoms with Gasteiger partial charge in [0.2, 0.25) is 0 Å². The number of benzene rings is 2. The molecule has 4 heterocycles. The molecule has 6 rings (SSSR count). The molecule has 2 N–H and O–H groups in total. The van der Waals surface area contributed by atoms with Crippen LogP contribution in [0.4, 0.5) is 5.69 Å². The van der Waals surface area contributed by atoms with Crippen molar-refractivity contribution in [2.75, 3.05) is 19.0 Å². The molecular formula is C30H29ClN6O3. The van der Waals surface area contributed by atoms with Crippen LogP contribution in [0.15, 0.2) is 53.5 Å². The molecule has 10 heteroatoms. The largest absolute Gasteiger partial charge is 0.394 e. The summed E-state index contributed by atoms with van der Waals surface area (Å²) in [5, 5.41) is 20.3. The van der Waals surface area contributed by atoms with Crippen LogP contribution in [0.5, 0.6) is 0 Å². The number of pyridine rings is 2. The van der Waals surface area contributed by atoms with Gasteiger partial charge in [-0.15, -0.1) is 0 Å². The zero-order valence-corrected chi connectivity index (χ0v) is 23.5. The van der Waals surface area contributed by atoms with Crippen molar-refractivity contribution >= 4 is 45.0 Å². The van der Waals surface area contributed by atoms with Gasteiger partial charge in [0.1, 0.15) is 10.8 Å². The second-order valence-electron chi connectivity index (χ2n) is 10.4. The summed E-state index contributed by atoms with van der Waals surface area (Å²) in [7, 11) is 3.52. The van der Waals surface area contributed by atoms with Crippen molar-refractivity contribution in [3.63, 3.8) is 0 Å². The molecule has 1 atom stereocenters. The lowest BCUT2D eigenvalue weighted by Gasteiger charge is -2.21. The van der Waals surface area contributed by atoms with E-state index in [1.165, 1.54) is 0 Å². The van der Waals surface area contributed by atoms with Gasteiger partial charge in [0.05, 0.1) is 30.7 Å². The van der Waals surface area contributed by atoms with Crippen molar-refractivity contribution in [1.82, 2.24) is 24.2 Å². The Bertz CT molecular complexity index is 1890. The monoisotopic (exact) mass is 556 g/mol. The van der Waals surface area contributed by atoms with Crippen molar-refractivity contribution in [2.45, 2.75) is 33.0 Å². The summed E-state index contributed by atoms with van der Waals surface area (Å²) in [6.07, 6.45) is 1.76. The number of halogens is 1. The number of hydrogen-bond acceptors (Lipinski definition) is 6. The molecule has 0 saturated carbocycles. The van der Waals surface area contributed by atoms with Gasteiger partial charge in [-0.05, 0) is 60.9 Å². The molecule has 0 bridgehead atoms. The number of aliphatic hydroxyl groups excluding tert-OH is 1. The van der Waals surface area contributed by atoms with Crippen molar-refractivity contribution in [1.29, 1.82) is 0 Å². The Balaban J connectivity index is 1.48. The van der Waals surface area contributed by atoms with Gasteiger partial charge in [0, 0.05) is 54.0 Å². The number of carbonyl (C=O) groups is 1. The molecule has 9 nitrogen and oxygen atoms in total. The van der Waals surface area contributed by atoms with Gasteiger partial charge in [0.25, 0.3) is 11.5 Å². The highest BCUT2D eigenvalue weighted by molar-refractivity contribution is 6.29. The van der Waals surface area contributed by atoms with Crippen LogP contribution in [0.2, 0.25) is 5.15 Å². The number of rotatable bonds is 6. The van der Waals surface area contributed by atoms with E-state index in [9.17, 15) is 14.7 Å². The number of carbonyl (C=O) groups excluding carboxylic acids is 1. The smallest absolute Gasteiger partial charge is 0.259 e. The molecular weight excluding hydrogens is 528 g/mol. The summed E-state index contributed by atoms with van der Waals surface area (Å²) >= 11 is 6.34. The summed E-state index contributed by atoms with van der Waals surface area (Å²) in [5.74, 6) is 0.0127. The molecule has 3 aromatic heterocycles. The lowest BCUT2D eigenvalue weighted by atomic mass is 9.95. The highest BCUT2D eigenvalue weighted by atomic mass is 35.5. The predicted molar refractivity (Wildman–Crippen MR) is 157 cm³/mol. The van der Waals surface area contributed by atoms with Gasteiger partial charge >= 0.3 is 0 Å². The minimum Gasteiger partial charge on any atom is -0.394 e. The van der Waals surface area contributed by atoms with Crippen molar-refractivity contribution in [2.24, 2.45) is 7.05 Å². The van der Waals surface area contributed by atoms with E-state index in [0.29, 0.717) is 40.5 Å². The minimum atomic E-state index is -0.220. The highest BCUT2D eigenvalue weighted by Crippen LogP contribution is 2.36. The maximum atomic E-state index is 13.5. The Morgan fingerprint density at radius 2 is 1.90 bits per heavy atom. The van der Waals surface area contributed by atoms with Crippen LogP contribution in [0, 0.1) is 6.92 Å². The van der Waals surface area contributed by atoms with Crippen LogP contribution in [-0.4, -0.2) is 48.9 Å². The molecule has 1 unspecified atom stereocenters. The van der Waals surface area contributed by atoms with E-state index in [2.05, 4.69) is 21.5 Å². The molecule has 204 valence electrons. The third-order valence-electron chi connectivity index (χ3n) is 7.62. The average Bonchev–Trinajstić information content (AvgIpc) is 3.47. The van der Waals surface area contributed by atoms with Gasteiger partial charge in [-0.25, -0.2) is 9.67 Å². The number of aromatic nitrogens is 4. The molecule has 0 spiro atoms. The second kappa shape index (κ2) is 9.76. The molecule has 0 saturated heterocycles. The topological polar surface area (TPSA) is 105 Å². The van der Waals surface area contributed by atoms with Crippen LogP contribution >= 0.6 is 11.6 Å². The first-order valence-corrected chi connectivity index (χ1v) is 13.5. The Labute approximate surface area is 235 Å². The predicted octanol–water partition coefficient (Wildman–Crippen LogP) is 4.66. The fraction of sp³-hybridized carbons (Fsp3) is 0.267. The Hall–Kier alpha value is -4.21. The lowest BCUT2D eigenvalue weighted by Crippen LogP contribution is -2.21. The number of amides is 1. The van der Waals surface area contributed by atoms with Crippen LogP contribution in [0.3, 0.4) is 0 Å². The summed E-state index contributed by atoms with van der Waals surface area (Å²) in [6, 6.07) is 13.2. The van der Waals surface area contributed by atoms with Gasteiger partial charge in [-0.1, -0.05) is 23.7 Å². The first kappa shape index (κ1) is 26.0. The molecule has 0 aliphatic carbocycles. The maximum Gasteiger partial charge on any atom is 0.259 e. The molecule has 1 amide bonds. The number of nitrogens with zero attached hydrogens (tertiary/aromatic N) is 5. The van der Waals surface area contributed by atoms with Crippen LogP contribution in [0.1, 0.15) is 40.0 Å². The third-order valence-corrected chi connectivity index (χ3v) is 7.83. The number of aliphatic hydroxyl groups is 1. The summed E-state index contributed by atoms with van der Waals surface area (Å²) in [6.45, 7) is 4.78. The van der Waals surface area contributed by atoms with Crippen molar-refractivity contribution < 1.29 is 9.90 Å². The molecule has 40 heavy (non-hydrogen) atoms. The first-order chi connectivity index (χ1) is 19.2. The van der Waals surface area contributed by atoms with Crippen LogP contribution in [-0.2, 0) is 20.1 Å². The van der Waals surface area contributed by atoms with E-state index >= 15 is 0 Å². The fourth-order valence-corrected chi connectivity index (χ4v) is 5.91. The zero-order chi connectivity index (χ0) is 28.3. The number of anilines is 1. The number of nitrogens with one attached hydrogen (secondary N) is 1. The molecule has 0 radical (unpaired) electrons. The minimum absolute atomic E-state index is 0.0127. The van der Waals surface area contributed by atoms with E-state index in [0.717, 1.165) is 38.7 Å². The summed E-state index contributed by atoms with van der Waals surface area (Å²) in [4.78, 5) is 32.2. The second-order valence-corrected chi connectivity index (χ2v) is 10.8. The van der Waals surface area contributed by atoms with Gasteiger partial charge in [-0.2, -0.15) is 5.10 Å². The standard InChI is InChI=1S/C30H29ClN6O3/c1-16-11-21(26-22(12-16)30(40)36(4)28-23(26)14-32-37(28)9-10-38)17(2)33-24-7-8-25(31)34-27(24)18-5-6-20-19(13-18)15-35(3)29(20)39/h5-8,11-14,17,33,38H,9-10,15H2,1-4H3. The van der Waals surface area contributed by atoms with E-state index in [4.69, 9.17) is 11.6 Å². The maximum absolute atomic E-state index is 13.5. The third kappa shape index (κ3) is 4.13. The highest BCUT2D eigenvalue weighted by Gasteiger charge is 2.25. The first-order valence-electron chi connectivity index (χ1n) is 13.1. The molecule has 1 aliphatic heterocycles. The van der Waals surface area contributed by atoms with E-state index in [1.54, 1.807) is 40.5 Å². The number of hydrogen-bond donors (Lipinski definition) is 2. The number of fused-ring (bicyclic) bond motifs is 4. The Morgan fingerprint density at radius 1 is 1.10 bits per heavy atom. The molecule has 2 aromatic carbocycles. The SMILES string of the molecule is Cc1cc(C(C)Nc2ccc(Cl)nc2-c2ccc3c(c2)CN(C)C3=O)c2c(c1)c(=O)n(C)c1c2cnn1CCO. The summed E-state index contributed by atoms with van der Waals surface area (Å²) < 4.78 is 3.26. The lowest BCUT2D eigenvalue weighted by molar-refractivity contribution is 0.0816. The zero-order valence-electron chi connectivity index (χ0n) is 22.7. The van der Waals surface area contributed by atoms with E-state index in [-0.39, 0.29) is 24.1 Å². The normalized spacial score (nSPS) is 13.8.